The Morgan fingerprint density at radius 1 is 1.39 bits per heavy atom. The van der Waals surface area contributed by atoms with Gasteiger partial charge in [0.25, 0.3) is 0 Å². The minimum Gasteiger partial charge on any atom is -0.454 e. The van der Waals surface area contributed by atoms with E-state index in [9.17, 15) is 4.79 Å². The van der Waals surface area contributed by atoms with Crippen molar-refractivity contribution in [2.45, 2.75) is 23.0 Å². The Hall–Kier alpha value is -3.27. The number of rotatable bonds is 6. The summed E-state index contributed by atoms with van der Waals surface area (Å²) in [7, 11) is 1.60. The van der Waals surface area contributed by atoms with Gasteiger partial charge >= 0.3 is 0 Å². The summed E-state index contributed by atoms with van der Waals surface area (Å²) in [5, 5.41) is 3.27. The van der Waals surface area contributed by atoms with Crippen molar-refractivity contribution >= 4 is 40.7 Å². The fraction of sp³-hybridized carbons (Fsp3) is 0.222. The van der Waals surface area contributed by atoms with Crippen LogP contribution < -0.4 is 20.5 Å². The van der Waals surface area contributed by atoms with Crippen LogP contribution in [0.5, 0.6) is 11.5 Å². The molecule has 0 fully saturated rings. The average molecular weight is 398 g/mol. The third kappa shape index (κ3) is 3.22. The van der Waals surface area contributed by atoms with Gasteiger partial charge in [0.05, 0.1) is 0 Å². The second kappa shape index (κ2) is 7.39. The van der Waals surface area contributed by atoms with Gasteiger partial charge in [0.15, 0.2) is 33.6 Å². The number of fused-ring (bicyclic) bond motifs is 2. The number of hydrogen-bond donors (Lipinski definition) is 2. The predicted octanol–water partition coefficient (Wildman–Crippen LogP) is 2.07. The number of nitrogens with two attached hydrogens (primary N) is 1. The van der Waals surface area contributed by atoms with E-state index in [-0.39, 0.29) is 19.1 Å². The number of aromatic nitrogens is 4. The van der Waals surface area contributed by atoms with Gasteiger partial charge in [-0.3, -0.25) is 4.79 Å². The van der Waals surface area contributed by atoms with Gasteiger partial charge in [-0.1, -0.05) is 24.4 Å². The highest BCUT2D eigenvalue weighted by Crippen LogP contribution is 2.41. The Morgan fingerprint density at radius 3 is 2.93 bits per heavy atom. The summed E-state index contributed by atoms with van der Waals surface area (Å²) in [4.78, 5) is 25.6. The molecule has 3 heterocycles. The summed E-state index contributed by atoms with van der Waals surface area (Å²) < 4.78 is 12.8. The lowest BCUT2D eigenvalue weighted by atomic mass is 10.2. The van der Waals surface area contributed by atoms with E-state index >= 15 is 0 Å². The van der Waals surface area contributed by atoms with Gasteiger partial charge in [0, 0.05) is 24.9 Å². The average Bonchev–Trinajstić information content (AvgIpc) is 3.30. The van der Waals surface area contributed by atoms with Crippen LogP contribution in [0.3, 0.4) is 0 Å². The highest BCUT2D eigenvalue weighted by molar-refractivity contribution is 7.99. The molecule has 0 spiro atoms. The highest BCUT2D eigenvalue weighted by atomic mass is 32.2. The van der Waals surface area contributed by atoms with Gasteiger partial charge in [-0.25, -0.2) is 15.0 Å². The predicted molar refractivity (Wildman–Crippen MR) is 105 cm³/mol. The monoisotopic (exact) mass is 398 g/mol. The van der Waals surface area contributed by atoms with Crippen LogP contribution in [0.15, 0.2) is 35.1 Å². The minimum absolute atomic E-state index is 0.0744. The number of nitrogen functional groups attached to an aromatic ring is 1. The smallest absolute Gasteiger partial charge is 0.231 e. The van der Waals surface area contributed by atoms with E-state index in [2.05, 4.69) is 26.8 Å². The molecule has 0 saturated carbocycles. The first-order chi connectivity index (χ1) is 13.6. The summed E-state index contributed by atoms with van der Waals surface area (Å²) >= 11 is 1.42. The lowest BCUT2D eigenvalue weighted by Crippen LogP contribution is -2.19. The molecule has 28 heavy (non-hydrogen) atoms. The van der Waals surface area contributed by atoms with E-state index in [0.717, 1.165) is 10.5 Å². The normalized spacial score (nSPS) is 12.3. The Kier molecular flexibility index (Phi) is 4.78. The number of imidazole rings is 1. The maximum atomic E-state index is 11.8. The molecule has 4 rings (SSSR count). The first kappa shape index (κ1) is 18.1. The fourth-order valence-corrected chi connectivity index (χ4v) is 3.88. The standard InChI is InChI=1S/C18H18N6O3S/c1-3-10-6-11-12(27-9-26-11)7-13(10)28-18-23-15-16(19)21-8-22-17(15)24(18)5-4-14(25)20-2/h3,6-8H,1,4-5,9H2,2H3,(H,20,25)(H2,19,21,22). The van der Waals surface area contributed by atoms with Crippen molar-refractivity contribution in [3.8, 4) is 11.5 Å². The molecule has 1 aliphatic rings. The molecule has 0 atom stereocenters. The van der Waals surface area contributed by atoms with E-state index in [0.29, 0.717) is 40.2 Å². The van der Waals surface area contributed by atoms with E-state index in [1.807, 2.05) is 16.7 Å². The number of carbonyl (C=O) groups is 1. The molecular formula is C18H18N6O3S. The number of ether oxygens (including phenoxy) is 2. The number of anilines is 1. The Morgan fingerprint density at radius 2 is 2.18 bits per heavy atom. The third-order valence-electron chi connectivity index (χ3n) is 4.29. The number of benzene rings is 1. The van der Waals surface area contributed by atoms with Crippen molar-refractivity contribution in [2.75, 3.05) is 19.6 Å². The van der Waals surface area contributed by atoms with Gasteiger partial charge in [0.1, 0.15) is 6.33 Å². The molecule has 2 aromatic heterocycles. The molecule has 0 bridgehead atoms. The first-order valence-electron chi connectivity index (χ1n) is 8.52. The SMILES string of the molecule is C=Cc1cc2c(cc1Sc1nc3c(N)ncnc3n1CCC(=O)NC)OCO2. The van der Waals surface area contributed by atoms with Crippen molar-refractivity contribution in [2.24, 2.45) is 0 Å². The van der Waals surface area contributed by atoms with Gasteiger partial charge in [0.2, 0.25) is 12.7 Å². The highest BCUT2D eigenvalue weighted by Gasteiger charge is 2.21. The van der Waals surface area contributed by atoms with Crippen LogP contribution in [-0.4, -0.2) is 39.3 Å². The second-order valence-electron chi connectivity index (χ2n) is 5.95. The van der Waals surface area contributed by atoms with Crippen molar-refractivity contribution < 1.29 is 14.3 Å². The zero-order chi connectivity index (χ0) is 19.7. The summed E-state index contributed by atoms with van der Waals surface area (Å²) in [6.07, 6.45) is 3.42. The zero-order valence-corrected chi connectivity index (χ0v) is 16.0. The van der Waals surface area contributed by atoms with E-state index in [1.54, 1.807) is 13.1 Å². The maximum Gasteiger partial charge on any atom is 0.231 e. The Balaban J connectivity index is 1.77. The maximum absolute atomic E-state index is 11.8. The molecule has 3 N–H and O–H groups in total. The Labute approximate surface area is 165 Å². The largest absolute Gasteiger partial charge is 0.454 e. The number of nitrogens with one attached hydrogen (secondary N) is 1. The molecule has 0 aliphatic carbocycles. The lowest BCUT2D eigenvalue weighted by molar-refractivity contribution is -0.120. The lowest BCUT2D eigenvalue weighted by Gasteiger charge is -2.10. The summed E-state index contributed by atoms with van der Waals surface area (Å²) in [5.74, 6) is 1.57. The van der Waals surface area contributed by atoms with E-state index in [1.165, 1.54) is 18.1 Å². The molecule has 1 aliphatic heterocycles. The summed E-state index contributed by atoms with van der Waals surface area (Å²) in [6, 6.07) is 3.77. The van der Waals surface area contributed by atoms with Crippen molar-refractivity contribution in [1.82, 2.24) is 24.8 Å². The molecule has 1 amide bonds. The molecule has 10 heteroatoms. The first-order valence-corrected chi connectivity index (χ1v) is 9.33. The van der Waals surface area contributed by atoms with Crippen LogP contribution in [0.25, 0.3) is 17.2 Å². The summed E-state index contributed by atoms with van der Waals surface area (Å²) in [5.41, 5.74) is 7.95. The molecular weight excluding hydrogens is 380 g/mol. The molecule has 0 unspecified atom stereocenters. The van der Waals surface area contributed by atoms with Crippen molar-refractivity contribution in [3.63, 3.8) is 0 Å². The van der Waals surface area contributed by atoms with Crippen LogP contribution in [0.1, 0.15) is 12.0 Å². The van der Waals surface area contributed by atoms with Crippen LogP contribution in [0, 0.1) is 0 Å². The van der Waals surface area contributed by atoms with Crippen LogP contribution in [-0.2, 0) is 11.3 Å². The van der Waals surface area contributed by atoms with Crippen molar-refractivity contribution in [3.05, 3.63) is 30.6 Å². The third-order valence-corrected chi connectivity index (χ3v) is 5.36. The number of nitrogens with zero attached hydrogens (tertiary/aromatic N) is 4. The minimum atomic E-state index is -0.0744. The summed E-state index contributed by atoms with van der Waals surface area (Å²) in [6.45, 7) is 4.47. The van der Waals surface area contributed by atoms with E-state index < -0.39 is 0 Å². The zero-order valence-electron chi connectivity index (χ0n) is 15.1. The van der Waals surface area contributed by atoms with Gasteiger partial charge in [-0.15, -0.1) is 0 Å². The second-order valence-corrected chi connectivity index (χ2v) is 6.96. The molecule has 3 aromatic rings. The Bertz CT molecular complexity index is 1080. The topological polar surface area (TPSA) is 117 Å². The number of hydrogen-bond acceptors (Lipinski definition) is 8. The number of amides is 1. The van der Waals surface area contributed by atoms with Gasteiger partial charge in [-0.05, 0) is 17.7 Å². The quantitative estimate of drug-likeness (QED) is 0.648. The number of carbonyl (C=O) groups excluding carboxylic acids is 1. The molecule has 9 nitrogen and oxygen atoms in total. The van der Waals surface area contributed by atoms with Gasteiger partial charge < -0.3 is 25.1 Å². The van der Waals surface area contributed by atoms with Crippen molar-refractivity contribution in [1.29, 1.82) is 0 Å². The molecule has 1 aromatic carbocycles. The number of aryl methyl sites for hydroxylation is 1. The van der Waals surface area contributed by atoms with Gasteiger partial charge in [-0.2, -0.15) is 0 Å². The van der Waals surface area contributed by atoms with Crippen LogP contribution in [0.2, 0.25) is 0 Å². The van der Waals surface area contributed by atoms with E-state index in [4.69, 9.17) is 15.2 Å². The van der Waals surface area contributed by atoms with Crippen LogP contribution in [0.4, 0.5) is 5.82 Å². The molecule has 0 radical (unpaired) electrons. The molecule has 0 saturated heterocycles. The molecule has 144 valence electrons. The van der Waals surface area contributed by atoms with Crippen LogP contribution >= 0.6 is 11.8 Å². The fourth-order valence-electron chi connectivity index (χ4n) is 2.84.